The maximum absolute atomic E-state index is 12.6. The second-order valence-corrected chi connectivity index (χ2v) is 9.32. The molecule has 5 rings (SSSR count). The summed E-state index contributed by atoms with van der Waals surface area (Å²) in [6, 6.07) is 6.79. The molecule has 5 heteroatoms. The predicted molar refractivity (Wildman–Crippen MR) is 106 cm³/mol. The SMILES string of the molecule is C[C@@H](N[C@H](C)C12CC3CC(CC(C3)C1)C2)C(=O)Nc1ccc(C(N)=O)cc1. The standard InChI is InChI=1S/C22H31N3O2/c1-13(21(27)25-19-5-3-18(4-6-19)20(23)26)24-14(2)22-10-15-7-16(11-22)9-17(8-15)12-22/h3-6,13-17,24H,7-12H2,1-2H3,(H2,23,26)(H,25,27)/t13-,14-,15?,16?,17?,22?/m1/s1. The first kappa shape index (κ1) is 18.5. The number of hydrogen-bond acceptors (Lipinski definition) is 3. The van der Waals surface area contributed by atoms with E-state index in [0.29, 0.717) is 22.7 Å². The van der Waals surface area contributed by atoms with Crippen molar-refractivity contribution in [2.75, 3.05) is 5.32 Å². The summed E-state index contributed by atoms with van der Waals surface area (Å²) in [5, 5.41) is 6.53. The highest BCUT2D eigenvalue weighted by Crippen LogP contribution is 2.61. The Bertz CT molecular complexity index is 692. The van der Waals surface area contributed by atoms with Crippen molar-refractivity contribution in [1.29, 1.82) is 0 Å². The zero-order chi connectivity index (χ0) is 19.2. The van der Waals surface area contributed by atoms with Gasteiger partial charge in [-0.15, -0.1) is 0 Å². The molecule has 4 bridgehead atoms. The number of anilines is 1. The number of primary amides is 1. The fourth-order valence-electron chi connectivity index (χ4n) is 6.30. The third-order valence-electron chi connectivity index (χ3n) is 7.33. The molecule has 4 N–H and O–H groups in total. The lowest BCUT2D eigenvalue weighted by atomic mass is 9.48. The Morgan fingerprint density at radius 3 is 2.00 bits per heavy atom. The minimum atomic E-state index is -0.465. The van der Waals surface area contributed by atoms with E-state index in [1.807, 2.05) is 6.92 Å². The molecule has 1 aromatic carbocycles. The zero-order valence-electron chi connectivity index (χ0n) is 16.3. The van der Waals surface area contributed by atoms with Gasteiger partial charge >= 0.3 is 0 Å². The van der Waals surface area contributed by atoms with Crippen LogP contribution < -0.4 is 16.4 Å². The van der Waals surface area contributed by atoms with Crippen LogP contribution >= 0.6 is 0 Å². The van der Waals surface area contributed by atoms with Crippen LogP contribution in [0, 0.1) is 23.2 Å². The number of nitrogens with one attached hydrogen (secondary N) is 2. The quantitative estimate of drug-likeness (QED) is 0.719. The van der Waals surface area contributed by atoms with Gasteiger partial charge in [0.1, 0.15) is 0 Å². The third kappa shape index (κ3) is 3.62. The van der Waals surface area contributed by atoms with Gasteiger partial charge in [0.2, 0.25) is 11.8 Å². The van der Waals surface area contributed by atoms with E-state index in [9.17, 15) is 9.59 Å². The molecule has 0 aromatic heterocycles. The number of carbonyl (C=O) groups is 2. The van der Waals surface area contributed by atoms with Gasteiger partial charge in [-0.25, -0.2) is 0 Å². The highest BCUT2D eigenvalue weighted by Gasteiger charge is 2.53. The van der Waals surface area contributed by atoms with E-state index in [2.05, 4.69) is 17.6 Å². The van der Waals surface area contributed by atoms with E-state index >= 15 is 0 Å². The Balaban J connectivity index is 1.36. The molecule has 2 atom stereocenters. The van der Waals surface area contributed by atoms with Gasteiger partial charge < -0.3 is 16.4 Å². The van der Waals surface area contributed by atoms with E-state index in [1.165, 1.54) is 38.5 Å². The second kappa shape index (κ2) is 6.93. The first-order valence-corrected chi connectivity index (χ1v) is 10.3. The van der Waals surface area contributed by atoms with Crippen LogP contribution in [0.15, 0.2) is 24.3 Å². The second-order valence-electron chi connectivity index (χ2n) is 9.32. The van der Waals surface area contributed by atoms with Gasteiger partial charge in [0.15, 0.2) is 0 Å². The van der Waals surface area contributed by atoms with Crippen LogP contribution in [0.4, 0.5) is 5.69 Å². The van der Waals surface area contributed by atoms with Gasteiger partial charge in [0.25, 0.3) is 0 Å². The topological polar surface area (TPSA) is 84.2 Å². The average Bonchev–Trinajstić information content (AvgIpc) is 2.60. The van der Waals surface area contributed by atoms with E-state index in [4.69, 9.17) is 5.73 Å². The van der Waals surface area contributed by atoms with Crippen molar-refractivity contribution < 1.29 is 9.59 Å². The van der Waals surface area contributed by atoms with Crippen molar-refractivity contribution in [3.63, 3.8) is 0 Å². The summed E-state index contributed by atoms with van der Waals surface area (Å²) in [4.78, 5) is 23.8. The van der Waals surface area contributed by atoms with Crippen LogP contribution in [-0.4, -0.2) is 23.9 Å². The van der Waals surface area contributed by atoms with Crippen LogP contribution in [0.25, 0.3) is 0 Å². The Hall–Kier alpha value is -1.88. The summed E-state index contributed by atoms with van der Waals surface area (Å²) in [7, 11) is 0. The summed E-state index contributed by atoms with van der Waals surface area (Å²) in [6.45, 7) is 4.21. The summed E-state index contributed by atoms with van der Waals surface area (Å²) in [6.07, 6.45) is 8.29. The number of carbonyl (C=O) groups excluding carboxylic acids is 2. The molecule has 0 spiro atoms. The summed E-state index contributed by atoms with van der Waals surface area (Å²) < 4.78 is 0. The molecule has 146 valence electrons. The Morgan fingerprint density at radius 1 is 1.00 bits per heavy atom. The summed E-state index contributed by atoms with van der Waals surface area (Å²) >= 11 is 0. The Labute approximate surface area is 161 Å². The molecule has 4 saturated carbocycles. The lowest BCUT2D eigenvalue weighted by molar-refractivity contribution is -0.119. The van der Waals surface area contributed by atoms with Gasteiger partial charge in [-0.1, -0.05) is 0 Å². The molecule has 0 saturated heterocycles. The average molecular weight is 370 g/mol. The maximum atomic E-state index is 12.6. The molecule has 0 heterocycles. The molecule has 4 aliphatic rings. The summed E-state index contributed by atoms with van der Waals surface area (Å²) in [5.74, 6) is 2.22. The molecular formula is C22H31N3O2. The maximum Gasteiger partial charge on any atom is 0.248 e. The van der Waals surface area contributed by atoms with Crippen LogP contribution in [0.1, 0.15) is 62.7 Å². The van der Waals surface area contributed by atoms with Crippen LogP contribution in [0.5, 0.6) is 0 Å². The smallest absolute Gasteiger partial charge is 0.248 e. The van der Waals surface area contributed by atoms with Gasteiger partial charge in [0, 0.05) is 17.3 Å². The molecule has 27 heavy (non-hydrogen) atoms. The fraction of sp³-hybridized carbons (Fsp3) is 0.636. The number of nitrogens with two attached hydrogens (primary N) is 1. The molecule has 4 fully saturated rings. The molecule has 1 aromatic rings. The zero-order valence-corrected chi connectivity index (χ0v) is 16.3. The van der Waals surface area contributed by atoms with Crippen molar-refractivity contribution >= 4 is 17.5 Å². The number of rotatable bonds is 6. The lowest BCUT2D eigenvalue weighted by Crippen LogP contribution is -2.57. The molecule has 4 aliphatic carbocycles. The predicted octanol–water partition coefficient (Wildman–Crippen LogP) is 3.31. The van der Waals surface area contributed by atoms with E-state index in [-0.39, 0.29) is 11.9 Å². The van der Waals surface area contributed by atoms with E-state index in [0.717, 1.165) is 17.8 Å². The Morgan fingerprint density at radius 2 is 1.52 bits per heavy atom. The van der Waals surface area contributed by atoms with Crippen molar-refractivity contribution in [2.45, 2.75) is 64.5 Å². The highest BCUT2D eigenvalue weighted by molar-refractivity contribution is 5.96. The van der Waals surface area contributed by atoms with Crippen molar-refractivity contribution in [2.24, 2.45) is 28.9 Å². The first-order chi connectivity index (χ1) is 12.8. The number of amides is 2. The molecule has 0 aliphatic heterocycles. The van der Waals surface area contributed by atoms with Crippen LogP contribution in [0.2, 0.25) is 0 Å². The number of benzene rings is 1. The fourth-order valence-corrected chi connectivity index (χ4v) is 6.30. The minimum Gasteiger partial charge on any atom is -0.366 e. The van der Waals surface area contributed by atoms with Crippen LogP contribution in [-0.2, 0) is 4.79 Å². The van der Waals surface area contributed by atoms with Crippen LogP contribution in [0.3, 0.4) is 0 Å². The molecule has 5 nitrogen and oxygen atoms in total. The normalized spacial score (nSPS) is 33.5. The van der Waals surface area contributed by atoms with Gasteiger partial charge in [0.05, 0.1) is 6.04 Å². The molecule has 2 amide bonds. The van der Waals surface area contributed by atoms with Gasteiger partial charge in [-0.2, -0.15) is 0 Å². The van der Waals surface area contributed by atoms with Crippen molar-refractivity contribution in [3.05, 3.63) is 29.8 Å². The van der Waals surface area contributed by atoms with Crippen molar-refractivity contribution in [1.82, 2.24) is 5.32 Å². The van der Waals surface area contributed by atoms with E-state index in [1.54, 1.807) is 24.3 Å². The third-order valence-corrected chi connectivity index (χ3v) is 7.33. The molecular weight excluding hydrogens is 338 g/mol. The Kier molecular flexibility index (Phi) is 4.75. The largest absolute Gasteiger partial charge is 0.366 e. The highest BCUT2D eigenvalue weighted by atomic mass is 16.2. The monoisotopic (exact) mass is 369 g/mol. The summed E-state index contributed by atoms with van der Waals surface area (Å²) in [5.41, 5.74) is 6.76. The minimum absolute atomic E-state index is 0.0431. The number of hydrogen-bond donors (Lipinski definition) is 3. The van der Waals surface area contributed by atoms with E-state index < -0.39 is 5.91 Å². The van der Waals surface area contributed by atoms with Gasteiger partial charge in [-0.3, -0.25) is 9.59 Å². The van der Waals surface area contributed by atoms with Gasteiger partial charge in [-0.05, 0) is 99.8 Å². The first-order valence-electron chi connectivity index (χ1n) is 10.3. The van der Waals surface area contributed by atoms with Crippen molar-refractivity contribution in [3.8, 4) is 0 Å². The molecule has 0 unspecified atom stereocenters. The molecule has 0 radical (unpaired) electrons. The lowest BCUT2D eigenvalue weighted by Gasteiger charge is -2.59.